The van der Waals surface area contributed by atoms with Crippen LogP contribution in [0.2, 0.25) is 0 Å². The fraction of sp³-hybridized carbons (Fsp3) is 0.520. The first-order chi connectivity index (χ1) is 13.9. The normalized spacial score (nSPS) is 35.5. The minimum Gasteiger partial charge on any atom is -0.423 e. The SMILES string of the molecule is C[C@]12CCC3c4ccc(B(O)O)cc4CCC3C1CC[C@@]2(O)Cc1ccccc1. The number of rotatable bonds is 3. The summed E-state index contributed by atoms with van der Waals surface area (Å²) < 4.78 is 0. The average molecular weight is 390 g/mol. The highest BCUT2D eigenvalue weighted by Gasteiger charge is 2.61. The van der Waals surface area contributed by atoms with Crippen LogP contribution in [0.5, 0.6) is 0 Å². The Morgan fingerprint density at radius 3 is 2.55 bits per heavy atom. The lowest BCUT2D eigenvalue weighted by Crippen LogP contribution is -2.52. The second-order valence-corrected chi connectivity index (χ2v) is 9.94. The molecule has 0 saturated heterocycles. The zero-order valence-corrected chi connectivity index (χ0v) is 17.2. The summed E-state index contributed by atoms with van der Waals surface area (Å²) in [4.78, 5) is 0. The molecule has 0 aromatic heterocycles. The van der Waals surface area contributed by atoms with E-state index in [-0.39, 0.29) is 5.41 Å². The predicted molar refractivity (Wildman–Crippen MR) is 116 cm³/mol. The van der Waals surface area contributed by atoms with E-state index in [4.69, 9.17) is 0 Å². The molecule has 0 bridgehead atoms. The van der Waals surface area contributed by atoms with Crippen molar-refractivity contribution in [2.24, 2.45) is 17.3 Å². The van der Waals surface area contributed by atoms with Gasteiger partial charge in [-0.25, -0.2) is 0 Å². The fourth-order valence-electron chi connectivity index (χ4n) is 7.10. The third-order valence-electron chi connectivity index (χ3n) is 8.71. The zero-order valence-electron chi connectivity index (χ0n) is 17.2. The number of benzene rings is 2. The number of aliphatic hydroxyl groups is 1. The highest BCUT2D eigenvalue weighted by Crippen LogP contribution is 2.64. The van der Waals surface area contributed by atoms with Gasteiger partial charge in [-0.05, 0) is 83.8 Å². The van der Waals surface area contributed by atoms with E-state index < -0.39 is 12.7 Å². The monoisotopic (exact) mass is 390 g/mol. The van der Waals surface area contributed by atoms with Crippen molar-refractivity contribution in [1.29, 1.82) is 0 Å². The maximum absolute atomic E-state index is 11.8. The van der Waals surface area contributed by atoms with Crippen LogP contribution in [-0.2, 0) is 12.8 Å². The van der Waals surface area contributed by atoms with Crippen LogP contribution in [0.15, 0.2) is 48.5 Å². The number of fused-ring (bicyclic) bond motifs is 5. The maximum atomic E-state index is 11.8. The average Bonchev–Trinajstić information content (AvgIpc) is 2.98. The number of aryl methyl sites for hydroxylation is 1. The van der Waals surface area contributed by atoms with E-state index in [9.17, 15) is 15.2 Å². The lowest BCUT2D eigenvalue weighted by molar-refractivity contribution is -0.102. The summed E-state index contributed by atoms with van der Waals surface area (Å²) >= 11 is 0. The molecule has 0 amide bonds. The Labute approximate surface area is 173 Å². The van der Waals surface area contributed by atoms with Gasteiger partial charge in [0.1, 0.15) is 0 Å². The summed E-state index contributed by atoms with van der Waals surface area (Å²) in [5.41, 5.74) is 3.89. The van der Waals surface area contributed by atoms with E-state index in [2.05, 4.69) is 37.3 Å². The Kier molecular flexibility index (Phi) is 4.65. The van der Waals surface area contributed by atoms with Crippen molar-refractivity contribution >= 4 is 12.6 Å². The van der Waals surface area contributed by atoms with Gasteiger partial charge < -0.3 is 15.2 Å². The van der Waals surface area contributed by atoms with Gasteiger partial charge in [-0.3, -0.25) is 0 Å². The molecular formula is C25H31BO3. The summed E-state index contributed by atoms with van der Waals surface area (Å²) in [6.07, 6.45) is 7.09. The Morgan fingerprint density at radius 1 is 1.00 bits per heavy atom. The van der Waals surface area contributed by atoms with E-state index in [0.717, 1.165) is 44.9 Å². The van der Waals surface area contributed by atoms with Crippen LogP contribution < -0.4 is 5.46 Å². The van der Waals surface area contributed by atoms with Crippen LogP contribution in [0.25, 0.3) is 0 Å². The third-order valence-corrected chi connectivity index (χ3v) is 8.71. The lowest BCUT2D eigenvalue weighted by atomic mass is 9.52. The van der Waals surface area contributed by atoms with Gasteiger partial charge in [-0.15, -0.1) is 0 Å². The lowest BCUT2D eigenvalue weighted by Gasteiger charge is -2.53. The first-order valence-electron chi connectivity index (χ1n) is 11.2. The third kappa shape index (κ3) is 2.99. The summed E-state index contributed by atoms with van der Waals surface area (Å²) in [6.45, 7) is 2.35. The minimum atomic E-state index is -1.39. The van der Waals surface area contributed by atoms with Crippen LogP contribution in [0, 0.1) is 17.3 Å². The van der Waals surface area contributed by atoms with Gasteiger partial charge in [-0.2, -0.15) is 0 Å². The fourth-order valence-corrected chi connectivity index (χ4v) is 7.10. The second kappa shape index (κ2) is 6.97. The van der Waals surface area contributed by atoms with E-state index in [1.165, 1.54) is 16.7 Å². The molecule has 2 saturated carbocycles. The molecule has 3 N–H and O–H groups in total. The quantitative estimate of drug-likeness (QED) is 0.706. The van der Waals surface area contributed by atoms with E-state index in [1.807, 2.05) is 18.2 Å². The van der Waals surface area contributed by atoms with E-state index in [0.29, 0.717) is 23.2 Å². The first kappa shape index (κ1) is 19.4. The van der Waals surface area contributed by atoms with Gasteiger partial charge in [0.15, 0.2) is 0 Å². The molecule has 0 aliphatic heterocycles. The van der Waals surface area contributed by atoms with Gasteiger partial charge in [0.05, 0.1) is 5.60 Å². The number of hydrogen-bond donors (Lipinski definition) is 3. The molecule has 0 radical (unpaired) electrons. The molecular weight excluding hydrogens is 359 g/mol. The van der Waals surface area contributed by atoms with Crippen molar-refractivity contribution in [2.45, 2.75) is 63.4 Å². The standard InChI is InChI=1S/C25H31BO3/c1-24-13-11-21-20-10-8-19(26(28)29)15-18(20)7-9-22(21)23(24)12-14-25(24,27)16-17-5-3-2-4-6-17/h2-6,8,10,15,21-23,27-29H,7,9,11-14,16H2,1H3/t21?,22?,23?,24-,25+/m0/s1. The van der Waals surface area contributed by atoms with Gasteiger partial charge >= 0.3 is 7.12 Å². The Bertz CT molecular complexity index is 898. The Hall–Kier alpha value is -1.62. The van der Waals surface area contributed by atoms with Gasteiger partial charge in [0.2, 0.25) is 0 Å². The summed E-state index contributed by atoms with van der Waals surface area (Å²) in [7, 11) is -1.39. The Morgan fingerprint density at radius 2 is 1.79 bits per heavy atom. The van der Waals surface area contributed by atoms with Gasteiger partial charge in [0, 0.05) is 6.42 Å². The molecule has 152 valence electrons. The first-order valence-corrected chi connectivity index (χ1v) is 11.2. The van der Waals surface area contributed by atoms with Crippen LogP contribution in [0.1, 0.15) is 61.6 Å². The topological polar surface area (TPSA) is 60.7 Å². The van der Waals surface area contributed by atoms with Crippen molar-refractivity contribution < 1.29 is 15.2 Å². The smallest absolute Gasteiger partial charge is 0.423 e. The molecule has 3 unspecified atom stereocenters. The van der Waals surface area contributed by atoms with Crippen molar-refractivity contribution in [3.8, 4) is 0 Å². The zero-order chi connectivity index (χ0) is 20.2. The van der Waals surface area contributed by atoms with E-state index in [1.54, 1.807) is 0 Å². The van der Waals surface area contributed by atoms with Crippen molar-refractivity contribution in [1.82, 2.24) is 0 Å². The molecule has 2 fully saturated rings. The summed E-state index contributed by atoms with van der Waals surface area (Å²) in [5, 5.41) is 30.9. The highest BCUT2D eigenvalue weighted by molar-refractivity contribution is 6.58. The largest absolute Gasteiger partial charge is 0.488 e. The molecule has 2 aromatic rings. The minimum absolute atomic E-state index is 0.0251. The summed E-state index contributed by atoms with van der Waals surface area (Å²) in [6, 6.07) is 16.5. The molecule has 3 nitrogen and oxygen atoms in total. The van der Waals surface area contributed by atoms with Crippen molar-refractivity contribution in [3.05, 3.63) is 65.2 Å². The van der Waals surface area contributed by atoms with Crippen molar-refractivity contribution in [3.63, 3.8) is 0 Å². The molecule has 0 spiro atoms. The van der Waals surface area contributed by atoms with Gasteiger partial charge in [0.25, 0.3) is 0 Å². The van der Waals surface area contributed by atoms with Crippen LogP contribution in [0.3, 0.4) is 0 Å². The maximum Gasteiger partial charge on any atom is 0.488 e. The molecule has 4 heteroatoms. The van der Waals surface area contributed by atoms with Crippen LogP contribution in [0.4, 0.5) is 0 Å². The highest BCUT2D eigenvalue weighted by atomic mass is 16.4. The molecule has 3 aliphatic rings. The van der Waals surface area contributed by atoms with Crippen LogP contribution in [-0.4, -0.2) is 27.9 Å². The Balaban J connectivity index is 1.43. The van der Waals surface area contributed by atoms with Gasteiger partial charge in [-0.1, -0.05) is 55.5 Å². The molecule has 3 aliphatic carbocycles. The second-order valence-electron chi connectivity index (χ2n) is 9.94. The molecule has 5 rings (SSSR count). The summed E-state index contributed by atoms with van der Waals surface area (Å²) in [5.74, 6) is 1.72. The molecule has 29 heavy (non-hydrogen) atoms. The predicted octanol–water partition coefficient (Wildman–Crippen LogP) is 3.20. The van der Waals surface area contributed by atoms with Crippen LogP contribution >= 0.6 is 0 Å². The molecule has 5 atom stereocenters. The van der Waals surface area contributed by atoms with E-state index >= 15 is 0 Å². The molecule has 2 aromatic carbocycles. The van der Waals surface area contributed by atoms with Crippen molar-refractivity contribution in [2.75, 3.05) is 0 Å². The molecule has 0 heterocycles. The number of hydrogen-bond acceptors (Lipinski definition) is 3.